The number of sulfone groups is 1. The molecule has 12 heteroatoms. The topological polar surface area (TPSA) is 128 Å². The van der Waals surface area contributed by atoms with E-state index in [0.717, 1.165) is 18.6 Å². The molecule has 4 N–H and O–H groups in total. The number of carbonyl (C=O) groups is 2. The number of ether oxygens (including phenoxy) is 1. The minimum absolute atomic E-state index is 0.175. The molecule has 0 fully saturated rings. The lowest BCUT2D eigenvalue weighted by Crippen LogP contribution is -2.49. The number of alkyl halides is 3. The van der Waals surface area contributed by atoms with E-state index in [4.69, 9.17) is 5.73 Å². The Kier molecular flexibility index (Phi) is 8.47. The minimum Gasteiger partial charge on any atom is -0.406 e. The molecule has 0 aromatic heterocycles. The summed E-state index contributed by atoms with van der Waals surface area (Å²) in [5, 5.41) is 5.04. The second-order valence-electron chi connectivity index (χ2n) is 6.66. The molecule has 2 aromatic carbocycles. The summed E-state index contributed by atoms with van der Waals surface area (Å²) in [6.45, 7) is -0.175. The van der Waals surface area contributed by atoms with Crippen LogP contribution in [0.3, 0.4) is 0 Å². The molecule has 0 aliphatic carbocycles. The number of halogens is 3. The van der Waals surface area contributed by atoms with Crippen molar-refractivity contribution in [2.24, 2.45) is 5.73 Å². The Labute approximate surface area is 182 Å². The fraction of sp³-hybridized carbons (Fsp3) is 0.250. The van der Waals surface area contributed by atoms with Gasteiger partial charge in [-0.05, 0) is 29.8 Å². The Balaban J connectivity index is 1.84. The van der Waals surface area contributed by atoms with Crippen molar-refractivity contribution in [2.75, 3.05) is 17.6 Å². The van der Waals surface area contributed by atoms with Gasteiger partial charge < -0.3 is 21.1 Å². The molecule has 0 bridgehead atoms. The van der Waals surface area contributed by atoms with Crippen molar-refractivity contribution < 1.29 is 35.9 Å². The zero-order chi connectivity index (χ0) is 23.8. The van der Waals surface area contributed by atoms with Crippen molar-refractivity contribution in [3.8, 4) is 5.75 Å². The van der Waals surface area contributed by atoms with E-state index in [2.05, 4.69) is 15.4 Å². The Morgan fingerprint density at radius 3 is 2.25 bits per heavy atom. The average Bonchev–Trinajstić information content (AvgIpc) is 2.70. The normalized spacial score (nSPS) is 12.6. The number of amides is 2. The number of nitrogens with two attached hydrogens (primary N) is 1. The lowest BCUT2D eigenvalue weighted by Gasteiger charge is -2.17. The summed E-state index contributed by atoms with van der Waals surface area (Å²) in [4.78, 5) is 23.7. The third-order valence-corrected chi connectivity index (χ3v) is 5.46. The third-order valence-electron chi connectivity index (χ3n) is 4.01. The number of nitrogens with one attached hydrogen (secondary N) is 2. The first-order chi connectivity index (χ1) is 14.9. The quantitative estimate of drug-likeness (QED) is 0.458. The van der Waals surface area contributed by atoms with Crippen LogP contribution in [0.2, 0.25) is 0 Å². The number of rotatable bonds is 11. The van der Waals surface area contributed by atoms with Gasteiger partial charge in [-0.2, -0.15) is 0 Å². The van der Waals surface area contributed by atoms with Gasteiger partial charge >= 0.3 is 6.36 Å². The van der Waals surface area contributed by atoms with Crippen LogP contribution in [0.25, 0.3) is 0 Å². The van der Waals surface area contributed by atoms with Gasteiger partial charge in [0.15, 0.2) is 9.84 Å². The van der Waals surface area contributed by atoms with Gasteiger partial charge in [0.25, 0.3) is 0 Å². The number of benzene rings is 2. The molecule has 8 nitrogen and oxygen atoms in total. The highest BCUT2D eigenvalue weighted by molar-refractivity contribution is 7.90. The minimum atomic E-state index is -4.82. The molecule has 2 aromatic rings. The lowest BCUT2D eigenvalue weighted by molar-refractivity contribution is -0.274. The van der Waals surface area contributed by atoms with E-state index in [1.807, 2.05) is 0 Å². The fourth-order valence-corrected chi connectivity index (χ4v) is 3.76. The molecule has 0 aliphatic rings. The lowest BCUT2D eigenvalue weighted by atomic mass is 10.2. The van der Waals surface area contributed by atoms with Gasteiger partial charge in [0.1, 0.15) is 11.8 Å². The molecule has 0 unspecified atom stereocenters. The Morgan fingerprint density at radius 1 is 1.06 bits per heavy atom. The molecule has 1 atom stereocenters. The zero-order valence-electron chi connectivity index (χ0n) is 16.6. The van der Waals surface area contributed by atoms with E-state index in [1.54, 1.807) is 30.3 Å². The summed E-state index contributed by atoms with van der Waals surface area (Å²) < 4.78 is 64.6. The van der Waals surface area contributed by atoms with E-state index in [9.17, 15) is 31.2 Å². The van der Waals surface area contributed by atoms with Crippen LogP contribution in [0.1, 0.15) is 5.56 Å². The highest BCUT2D eigenvalue weighted by atomic mass is 32.2. The van der Waals surface area contributed by atoms with Gasteiger partial charge in [-0.25, -0.2) is 8.42 Å². The summed E-state index contributed by atoms with van der Waals surface area (Å²) in [5.74, 6) is -2.89. The molecule has 1 radical (unpaired) electrons. The van der Waals surface area contributed by atoms with Crippen molar-refractivity contribution >= 4 is 27.3 Å². The second kappa shape index (κ2) is 10.8. The maximum Gasteiger partial charge on any atom is 0.573 e. The highest BCUT2D eigenvalue weighted by Gasteiger charge is 2.31. The first-order valence-corrected chi connectivity index (χ1v) is 11.0. The molecule has 32 heavy (non-hydrogen) atoms. The first-order valence-electron chi connectivity index (χ1n) is 9.20. The number of hydrogen-bond acceptors (Lipinski definition) is 6. The molecule has 0 aliphatic heterocycles. The van der Waals surface area contributed by atoms with Crippen LogP contribution in [0.5, 0.6) is 5.75 Å². The number of carbonyl (C=O) groups excluding carboxylic acids is 2. The van der Waals surface area contributed by atoms with E-state index in [-0.39, 0.29) is 12.3 Å². The maximum atomic E-state index is 12.2. The van der Waals surface area contributed by atoms with Crippen LogP contribution >= 0.6 is 0 Å². The van der Waals surface area contributed by atoms with Gasteiger partial charge in [0.05, 0.1) is 17.9 Å². The predicted octanol–water partition coefficient (Wildman–Crippen LogP) is 1.79. The second-order valence-corrected chi connectivity index (χ2v) is 8.77. The Hall–Kier alpha value is -3.28. The summed E-state index contributed by atoms with van der Waals surface area (Å²) in [5.41, 5.74) is 6.17. The first kappa shape index (κ1) is 25.0. The number of primary amides is 1. The van der Waals surface area contributed by atoms with Gasteiger partial charge in [-0.15, -0.1) is 13.2 Å². The Bertz CT molecular complexity index is 1010. The molecule has 0 heterocycles. The van der Waals surface area contributed by atoms with Crippen molar-refractivity contribution in [1.82, 2.24) is 5.32 Å². The van der Waals surface area contributed by atoms with Gasteiger partial charge in [-0.3, -0.25) is 9.59 Å². The average molecular weight is 472 g/mol. The summed E-state index contributed by atoms with van der Waals surface area (Å²) in [6.07, 6.45) is -3.92. The monoisotopic (exact) mass is 472 g/mol. The summed E-state index contributed by atoms with van der Waals surface area (Å²) >= 11 is 0. The molecular weight excluding hydrogens is 451 g/mol. The van der Waals surface area contributed by atoms with Crippen LogP contribution in [0.4, 0.5) is 18.9 Å². The number of hydrogen-bond donors (Lipinski definition) is 3. The zero-order valence-corrected chi connectivity index (χ0v) is 17.4. The van der Waals surface area contributed by atoms with Crippen LogP contribution in [-0.2, 0) is 25.2 Å². The molecule has 0 saturated heterocycles. The van der Waals surface area contributed by atoms with Crippen molar-refractivity contribution in [3.63, 3.8) is 0 Å². The predicted molar refractivity (Wildman–Crippen MR) is 111 cm³/mol. The van der Waals surface area contributed by atoms with Crippen LogP contribution in [0.15, 0.2) is 54.6 Å². The maximum absolute atomic E-state index is 12.2. The smallest absolute Gasteiger partial charge is 0.406 e. The van der Waals surface area contributed by atoms with Crippen LogP contribution in [0, 0.1) is 6.42 Å². The van der Waals surface area contributed by atoms with Crippen molar-refractivity contribution in [2.45, 2.75) is 18.2 Å². The fourth-order valence-electron chi connectivity index (χ4n) is 2.54. The van der Waals surface area contributed by atoms with Crippen LogP contribution < -0.4 is 21.1 Å². The largest absolute Gasteiger partial charge is 0.573 e. The third kappa shape index (κ3) is 9.25. The molecule has 2 amide bonds. The van der Waals surface area contributed by atoms with Gasteiger partial charge in [-0.1, -0.05) is 30.3 Å². The van der Waals surface area contributed by atoms with Crippen molar-refractivity contribution in [1.29, 1.82) is 0 Å². The summed E-state index contributed by atoms with van der Waals surface area (Å²) in [7, 11) is -3.60. The van der Waals surface area contributed by atoms with Crippen molar-refractivity contribution in [3.05, 3.63) is 66.6 Å². The Morgan fingerprint density at radius 2 is 1.69 bits per heavy atom. The highest BCUT2D eigenvalue weighted by Crippen LogP contribution is 2.23. The molecule has 2 rings (SSSR count). The van der Waals surface area contributed by atoms with Gasteiger partial charge in [0.2, 0.25) is 11.8 Å². The SMILES string of the molecule is NC(=O)[C@@H](CNc1ccc(OC(F)(F)F)cc1)NC(=O)[CH]CS(=O)(=O)Cc1ccccc1. The van der Waals surface area contributed by atoms with E-state index >= 15 is 0 Å². The van der Waals surface area contributed by atoms with E-state index in [1.165, 1.54) is 12.1 Å². The van der Waals surface area contributed by atoms with E-state index in [0.29, 0.717) is 11.3 Å². The number of anilines is 1. The molecule has 173 valence electrons. The van der Waals surface area contributed by atoms with E-state index < -0.39 is 45.6 Å². The molecule has 0 spiro atoms. The molecule has 0 saturated carbocycles. The van der Waals surface area contributed by atoms with Crippen LogP contribution in [-0.4, -0.2) is 44.9 Å². The van der Waals surface area contributed by atoms with Gasteiger partial charge in [0, 0.05) is 12.2 Å². The standard InChI is InChI=1S/C20H21F3N3O5S/c21-20(22,23)31-16-8-6-15(7-9-16)25-12-17(19(24)28)26-18(27)10-11-32(29,30)13-14-4-2-1-3-5-14/h1-10,17,25H,11-13H2,(H2,24,28)(H,26,27)/t17-/m1/s1. The molecular formula is C20H21F3N3O5S. The summed E-state index contributed by atoms with van der Waals surface area (Å²) in [6, 6.07) is 11.9.